The van der Waals surface area contributed by atoms with Crippen molar-refractivity contribution in [3.63, 3.8) is 0 Å². The zero-order chi connectivity index (χ0) is 15.0. The van der Waals surface area contributed by atoms with Gasteiger partial charge in [0.05, 0.1) is 0 Å². The standard InChI is InChI=1S/C15H12FN3OS/c1-8-12(16)7-6-11(13(8)20)9-2-4-10(5-3-9)14-18-19-15(17)21-14/h2-7,20H,1H3,(H2,17,19). The van der Waals surface area contributed by atoms with Gasteiger partial charge in [-0.15, -0.1) is 10.2 Å². The van der Waals surface area contributed by atoms with Gasteiger partial charge in [0.1, 0.15) is 16.6 Å². The third kappa shape index (κ3) is 2.45. The number of phenolic OH excluding ortho intramolecular Hbond substituents is 1. The minimum atomic E-state index is -0.419. The van der Waals surface area contributed by atoms with Crippen molar-refractivity contribution in [2.24, 2.45) is 0 Å². The van der Waals surface area contributed by atoms with E-state index in [1.165, 1.54) is 17.4 Å². The minimum Gasteiger partial charge on any atom is -0.507 e. The molecule has 106 valence electrons. The van der Waals surface area contributed by atoms with Crippen LogP contribution in [0.5, 0.6) is 5.75 Å². The second-order valence-electron chi connectivity index (χ2n) is 4.59. The number of nitrogen functional groups attached to an aromatic ring is 1. The molecule has 2 aromatic carbocycles. The molecule has 0 fully saturated rings. The van der Waals surface area contributed by atoms with Crippen LogP contribution in [0.3, 0.4) is 0 Å². The van der Waals surface area contributed by atoms with E-state index in [2.05, 4.69) is 10.2 Å². The van der Waals surface area contributed by atoms with Crippen LogP contribution in [0, 0.1) is 12.7 Å². The first kappa shape index (κ1) is 13.5. The van der Waals surface area contributed by atoms with Crippen molar-refractivity contribution < 1.29 is 9.50 Å². The summed E-state index contributed by atoms with van der Waals surface area (Å²) in [4.78, 5) is 0. The first-order valence-corrected chi connectivity index (χ1v) is 7.06. The molecule has 0 unspecified atom stereocenters. The first-order valence-electron chi connectivity index (χ1n) is 6.24. The van der Waals surface area contributed by atoms with Gasteiger partial charge in [0.2, 0.25) is 5.13 Å². The Kier molecular flexibility index (Phi) is 3.31. The molecule has 0 amide bonds. The molecule has 0 bridgehead atoms. The second-order valence-corrected chi connectivity index (χ2v) is 5.60. The van der Waals surface area contributed by atoms with Crippen LogP contribution in [0.4, 0.5) is 9.52 Å². The van der Waals surface area contributed by atoms with Crippen LogP contribution < -0.4 is 5.73 Å². The van der Waals surface area contributed by atoms with E-state index in [1.807, 2.05) is 24.3 Å². The van der Waals surface area contributed by atoms with Crippen LogP contribution in [0.15, 0.2) is 36.4 Å². The van der Waals surface area contributed by atoms with Crippen molar-refractivity contribution in [2.45, 2.75) is 6.92 Å². The molecular weight excluding hydrogens is 289 g/mol. The van der Waals surface area contributed by atoms with Crippen LogP contribution in [-0.2, 0) is 0 Å². The molecule has 3 rings (SSSR count). The van der Waals surface area contributed by atoms with E-state index >= 15 is 0 Å². The van der Waals surface area contributed by atoms with Crippen molar-refractivity contribution in [3.8, 4) is 27.4 Å². The van der Waals surface area contributed by atoms with Crippen molar-refractivity contribution >= 4 is 16.5 Å². The molecule has 6 heteroatoms. The number of aromatic hydroxyl groups is 1. The lowest BCUT2D eigenvalue weighted by molar-refractivity contribution is 0.465. The zero-order valence-electron chi connectivity index (χ0n) is 11.2. The summed E-state index contributed by atoms with van der Waals surface area (Å²) < 4.78 is 13.4. The molecule has 1 heterocycles. The normalized spacial score (nSPS) is 10.8. The lowest BCUT2D eigenvalue weighted by Crippen LogP contribution is -1.87. The van der Waals surface area contributed by atoms with Gasteiger partial charge >= 0.3 is 0 Å². The number of halogens is 1. The molecule has 0 aliphatic heterocycles. The number of anilines is 1. The highest BCUT2D eigenvalue weighted by atomic mass is 32.1. The Balaban J connectivity index is 2.00. The maximum Gasteiger partial charge on any atom is 0.203 e. The molecule has 0 aliphatic carbocycles. The molecule has 3 N–H and O–H groups in total. The summed E-state index contributed by atoms with van der Waals surface area (Å²) in [6.45, 7) is 1.55. The topological polar surface area (TPSA) is 72.0 Å². The minimum absolute atomic E-state index is 0.0390. The van der Waals surface area contributed by atoms with E-state index in [0.29, 0.717) is 10.7 Å². The lowest BCUT2D eigenvalue weighted by atomic mass is 10.0. The zero-order valence-corrected chi connectivity index (χ0v) is 12.0. The Bertz CT molecular complexity index is 799. The number of rotatable bonds is 2. The monoisotopic (exact) mass is 301 g/mol. The lowest BCUT2D eigenvalue weighted by Gasteiger charge is -2.08. The number of hydrogen-bond donors (Lipinski definition) is 2. The van der Waals surface area contributed by atoms with E-state index in [-0.39, 0.29) is 11.3 Å². The summed E-state index contributed by atoms with van der Waals surface area (Å²) in [5.41, 5.74) is 8.10. The van der Waals surface area contributed by atoms with E-state index < -0.39 is 5.82 Å². The fraction of sp³-hybridized carbons (Fsp3) is 0.0667. The summed E-state index contributed by atoms with van der Waals surface area (Å²) in [7, 11) is 0. The van der Waals surface area contributed by atoms with Gasteiger partial charge in [-0.25, -0.2) is 4.39 Å². The molecule has 0 atom stereocenters. The van der Waals surface area contributed by atoms with Crippen LogP contribution in [0.25, 0.3) is 21.7 Å². The van der Waals surface area contributed by atoms with Crippen molar-refractivity contribution in [2.75, 3.05) is 5.73 Å². The molecule has 0 radical (unpaired) electrons. The smallest absolute Gasteiger partial charge is 0.203 e. The largest absolute Gasteiger partial charge is 0.507 e. The number of aromatic nitrogens is 2. The average molecular weight is 301 g/mol. The average Bonchev–Trinajstić information content (AvgIpc) is 2.92. The number of benzene rings is 2. The van der Waals surface area contributed by atoms with Gasteiger partial charge in [-0.2, -0.15) is 0 Å². The summed E-state index contributed by atoms with van der Waals surface area (Å²) >= 11 is 1.31. The van der Waals surface area contributed by atoms with Crippen molar-refractivity contribution in [3.05, 3.63) is 47.8 Å². The van der Waals surface area contributed by atoms with Crippen LogP contribution in [-0.4, -0.2) is 15.3 Å². The van der Waals surface area contributed by atoms with Crippen LogP contribution in [0.2, 0.25) is 0 Å². The Morgan fingerprint density at radius 2 is 1.71 bits per heavy atom. The van der Waals surface area contributed by atoms with Gasteiger partial charge < -0.3 is 10.8 Å². The highest BCUT2D eigenvalue weighted by molar-refractivity contribution is 7.18. The quantitative estimate of drug-likeness (QED) is 0.758. The van der Waals surface area contributed by atoms with Gasteiger partial charge in [0.15, 0.2) is 0 Å². The third-order valence-corrected chi connectivity index (χ3v) is 4.05. The fourth-order valence-corrected chi connectivity index (χ4v) is 2.67. The number of hydrogen-bond acceptors (Lipinski definition) is 5. The summed E-state index contributed by atoms with van der Waals surface area (Å²) in [6, 6.07) is 10.3. The number of nitrogens with zero attached hydrogens (tertiary/aromatic N) is 2. The predicted molar refractivity (Wildman–Crippen MR) is 81.6 cm³/mol. The SMILES string of the molecule is Cc1c(F)ccc(-c2ccc(-c3nnc(N)s3)cc2)c1O. The molecule has 0 spiro atoms. The molecule has 21 heavy (non-hydrogen) atoms. The second kappa shape index (κ2) is 5.14. The molecule has 4 nitrogen and oxygen atoms in total. The van der Waals surface area contributed by atoms with Crippen LogP contribution in [0.1, 0.15) is 5.56 Å². The predicted octanol–water partition coefficient (Wildman–Crippen LogP) is 3.61. The van der Waals surface area contributed by atoms with Gasteiger partial charge in [0, 0.05) is 16.7 Å². The van der Waals surface area contributed by atoms with E-state index in [4.69, 9.17) is 5.73 Å². The molecule has 1 aromatic heterocycles. The first-order chi connectivity index (χ1) is 10.1. The highest BCUT2D eigenvalue weighted by Gasteiger charge is 2.11. The van der Waals surface area contributed by atoms with E-state index in [9.17, 15) is 9.50 Å². The third-order valence-electron chi connectivity index (χ3n) is 3.25. The summed E-state index contributed by atoms with van der Waals surface area (Å²) in [5.74, 6) is -0.458. The molecule has 0 aliphatic rings. The van der Waals surface area contributed by atoms with E-state index in [0.717, 1.165) is 16.1 Å². The van der Waals surface area contributed by atoms with Crippen molar-refractivity contribution in [1.29, 1.82) is 0 Å². The maximum atomic E-state index is 13.4. The van der Waals surface area contributed by atoms with Crippen molar-refractivity contribution in [1.82, 2.24) is 10.2 Å². The molecule has 3 aromatic rings. The van der Waals surface area contributed by atoms with Crippen LogP contribution >= 0.6 is 11.3 Å². The molecule has 0 saturated heterocycles. The van der Waals surface area contributed by atoms with Gasteiger partial charge in [-0.3, -0.25) is 0 Å². The van der Waals surface area contributed by atoms with E-state index in [1.54, 1.807) is 13.0 Å². The van der Waals surface area contributed by atoms with Gasteiger partial charge in [-0.1, -0.05) is 35.6 Å². The Labute approximate surface area is 124 Å². The maximum absolute atomic E-state index is 13.4. The molecule has 0 saturated carbocycles. The number of phenols is 1. The highest BCUT2D eigenvalue weighted by Crippen LogP contribution is 2.34. The van der Waals surface area contributed by atoms with Gasteiger partial charge in [0.25, 0.3) is 0 Å². The fourth-order valence-electron chi connectivity index (χ4n) is 2.05. The summed E-state index contributed by atoms with van der Waals surface area (Å²) in [5, 5.41) is 18.9. The molecular formula is C15H12FN3OS. The Morgan fingerprint density at radius 3 is 2.33 bits per heavy atom. The Hall–Kier alpha value is -2.47. The summed E-state index contributed by atoms with van der Waals surface area (Å²) in [6.07, 6.45) is 0. The van der Waals surface area contributed by atoms with Gasteiger partial charge in [-0.05, 0) is 24.6 Å². The number of nitrogens with two attached hydrogens (primary N) is 1. The Morgan fingerprint density at radius 1 is 1.05 bits per heavy atom.